The lowest BCUT2D eigenvalue weighted by Crippen LogP contribution is -2.41. The van der Waals surface area contributed by atoms with Crippen molar-refractivity contribution in [3.63, 3.8) is 0 Å². The summed E-state index contributed by atoms with van der Waals surface area (Å²) in [6, 6.07) is 10.5. The van der Waals surface area contributed by atoms with Gasteiger partial charge in [-0.1, -0.05) is 31.2 Å². The van der Waals surface area contributed by atoms with E-state index in [4.69, 9.17) is 4.74 Å². The Morgan fingerprint density at radius 3 is 2.38 bits per heavy atom. The summed E-state index contributed by atoms with van der Waals surface area (Å²) < 4.78 is 44.9. The predicted octanol–water partition coefficient (Wildman–Crippen LogP) is 2.97. The van der Waals surface area contributed by atoms with Gasteiger partial charge >= 0.3 is 5.97 Å². The lowest BCUT2D eigenvalue weighted by Gasteiger charge is -2.22. The van der Waals surface area contributed by atoms with Crippen LogP contribution in [-0.2, 0) is 26.0 Å². The number of sulfonamides is 1. The standard InChI is InChI=1S/C21H22FNO5S/c1-2-15-5-7-16(8-6-15)20(24)14-28-21(25)19-4-3-13-23(19)29(26,27)18-11-9-17(22)10-12-18/h5-12,19H,2-4,13-14H2,1H3/t19-/m0/s1. The van der Waals surface area contributed by atoms with Crippen molar-refractivity contribution in [1.29, 1.82) is 0 Å². The highest BCUT2D eigenvalue weighted by Gasteiger charge is 2.40. The van der Waals surface area contributed by atoms with Crippen LogP contribution in [0.25, 0.3) is 0 Å². The van der Waals surface area contributed by atoms with E-state index >= 15 is 0 Å². The number of benzene rings is 2. The van der Waals surface area contributed by atoms with Crippen molar-refractivity contribution in [2.45, 2.75) is 37.1 Å². The zero-order valence-corrected chi connectivity index (χ0v) is 16.8. The molecule has 3 rings (SSSR count). The van der Waals surface area contributed by atoms with Gasteiger partial charge < -0.3 is 4.74 Å². The molecule has 1 fully saturated rings. The van der Waals surface area contributed by atoms with Gasteiger partial charge in [0, 0.05) is 12.1 Å². The first-order valence-electron chi connectivity index (χ1n) is 9.39. The van der Waals surface area contributed by atoms with E-state index in [0.717, 1.165) is 40.6 Å². The van der Waals surface area contributed by atoms with Crippen LogP contribution in [0.1, 0.15) is 35.7 Å². The summed E-state index contributed by atoms with van der Waals surface area (Å²) in [6.45, 7) is 1.71. The van der Waals surface area contributed by atoms with Crippen molar-refractivity contribution in [2.75, 3.05) is 13.2 Å². The zero-order valence-electron chi connectivity index (χ0n) is 16.0. The number of nitrogens with zero attached hydrogens (tertiary/aromatic N) is 1. The summed E-state index contributed by atoms with van der Waals surface area (Å²) in [5, 5.41) is 0. The molecule has 154 valence electrons. The molecule has 1 saturated heterocycles. The third-order valence-corrected chi connectivity index (χ3v) is 6.85. The fourth-order valence-corrected chi connectivity index (χ4v) is 4.89. The number of Topliss-reactive ketones (excluding diaryl/α,β-unsaturated/α-hetero) is 1. The first kappa shape index (κ1) is 21.1. The maximum Gasteiger partial charge on any atom is 0.324 e. The molecule has 0 radical (unpaired) electrons. The second-order valence-corrected chi connectivity index (χ2v) is 8.70. The summed E-state index contributed by atoms with van der Waals surface area (Å²) >= 11 is 0. The maximum absolute atomic E-state index is 13.1. The Kier molecular flexibility index (Phi) is 6.44. The molecule has 1 atom stereocenters. The molecule has 0 amide bonds. The molecular formula is C21H22FNO5S. The highest BCUT2D eigenvalue weighted by Crippen LogP contribution is 2.27. The van der Waals surface area contributed by atoms with Crippen LogP contribution in [0.3, 0.4) is 0 Å². The van der Waals surface area contributed by atoms with E-state index in [1.165, 1.54) is 0 Å². The summed E-state index contributed by atoms with van der Waals surface area (Å²) in [7, 11) is -3.97. The van der Waals surface area contributed by atoms with Gasteiger partial charge in [0.25, 0.3) is 0 Å². The van der Waals surface area contributed by atoms with Gasteiger partial charge in [-0.25, -0.2) is 12.8 Å². The van der Waals surface area contributed by atoms with E-state index in [1.807, 2.05) is 19.1 Å². The molecule has 1 aliphatic heterocycles. The minimum atomic E-state index is -3.97. The van der Waals surface area contributed by atoms with Crippen molar-refractivity contribution in [3.05, 3.63) is 65.5 Å². The number of aryl methyl sites for hydroxylation is 1. The average Bonchev–Trinajstić information content (AvgIpc) is 3.23. The molecule has 0 unspecified atom stereocenters. The highest BCUT2D eigenvalue weighted by atomic mass is 32.2. The average molecular weight is 419 g/mol. The fourth-order valence-electron chi connectivity index (χ4n) is 3.25. The second kappa shape index (κ2) is 8.84. The number of hydrogen-bond donors (Lipinski definition) is 0. The van der Waals surface area contributed by atoms with Crippen molar-refractivity contribution in [1.82, 2.24) is 4.31 Å². The lowest BCUT2D eigenvalue weighted by atomic mass is 10.1. The molecule has 29 heavy (non-hydrogen) atoms. The Balaban J connectivity index is 1.66. The number of ketones is 1. The monoisotopic (exact) mass is 419 g/mol. The van der Waals surface area contributed by atoms with Gasteiger partial charge in [-0.15, -0.1) is 0 Å². The highest BCUT2D eigenvalue weighted by molar-refractivity contribution is 7.89. The molecular weight excluding hydrogens is 397 g/mol. The number of carbonyl (C=O) groups is 2. The van der Waals surface area contributed by atoms with Crippen LogP contribution in [0.5, 0.6) is 0 Å². The third kappa shape index (κ3) is 4.71. The molecule has 2 aromatic rings. The molecule has 8 heteroatoms. The SMILES string of the molecule is CCc1ccc(C(=O)COC(=O)[C@@H]2CCCN2S(=O)(=O)c2ccc(F)cc2)cc1. The summed E-state index contributed by atoms with van der Waals surface area (Å²) in [4.78, 5) is 24.6. The normalized spacial score (nSPS) is 17.2. The van der Waals surface area contributed by atoms with Crippen molar-refractivity contribution in [3.8, 4) is 0 Å². The minimum absolute atomic E-state index is 0.0920. The number of carbonyl (C=O) groups excluding carboxylic acids is 2. The van der Waals surface area contributed by atoms with Gasteiger partial charge in [-0.3, -0.25) is 9.59 Å². The van der Waals surface area contributed by atoms with Gasteiger partial charge in [-0.2, -0.15) is 4.31 Å². The van der Waals surface area contributed by atoms with E-state index in [1.54, 1.807) is 12.1 Å². The number of hydrogen-bond acceptors (Lipinski definition) is 5. The van der Waals surface area contributed by atoms with Gasteiger partial charge in [0.15, 0.2) is 12.4 Å². The second-order valence-electron chi connectivity index (χ2n) is 6.81. The summed E-state index contributed by atoms with van der Waals surface area (Å²) in [5.41, 5.74) is 1.52. The maximum atomic E-state index is 13.1. The van der Waals surface area contributed by atoms with Gasteiger partial charge in [0.05, 0.1) is 4.90 Å². The predicted molar refractivity (Wildman–Crippen MR) is 104 cm³/mol. The number of halogens is 1. The summed E-state index contributed by atoms with van der Waals surface area (Å²) in [6.07, 6.45) is 1.65. The van der Waals surface area contributed by atoms with Crippen LogP contribution in [0, 0.1) is 5.82 Å². The number of esters is 1. The van der Waals surface area contributed by atoms with Crippen LogP contribution in [-0.4, -0.2) is 43.7 Å². The molecule has 1 heterocycles. The van der Waals surface area contributed by atoms with E-state index < -0.39 is 34.5 Å². The molecule has 0 aromatic heterocycles. The molecule has 0 bridgehead atoms. The van der Waals surface area contributed by atoms with Crippen LogP contribution in [0.4, 0.5) is 4.39 Å². The summed E-state index contributed by atoms with van der Waals surface area (Å²) in [5.74, 6) is -1.66. The van der Waals surface area contributed by atoms with Gasteiger partial charge in [-0.05, 0) is 49.1 Å². The molecule has 0 N–H and O–H groups in total. The fraction of sp³-hybridized carbons (Fsp3) is 0.333. The van der Waals surface area contributed by atoms with E-state index in [0.29, 0.717) is 18.4 Å². The van der Waals surface area contributed by atoms with E-state index in [2.05, 4.69) is 0 Å². The first-order chi connectivity index (χ1) is 13.8. The van der Waals surface area contributed by atoms with E-state index in [-0.39, 0.29) is 17.2 Å². The Morgan fingerprint density at radius 2 is 1.76 bits per heavy atom. The molecule has 2 aromatic carbocycles. The van der Waals surface area contributed by atoms with Crippen molar-refractivity contribution in [2.24, 2.45) is 0 Å². The van der Waals surface area contributed by atoms with Crippen molar-refractivity contribution >= 4 is 21.8 Å². The smallest absolute Gasteiger partial charge is 0.324 e. The Morgan fingerprint density at radius 1 is 1.10 bits per heavy atom. The topological polar surface area (TPSA) is 80.8 Å². The minimum Gasteiger partial charge on any atom is -0.456 e. The van der Waals surface area contributed by atoms with Gasteiger partial charge in [0.2, 0.25) is 10.0 Å². The Bertz CT molecular complexity index is 987. The number of ether oxygens (including phenoxy) is 1. The van der Waals surface area contributed by atoms with Crippen LogP contribution >= 0.6 is 0 Å². The molecule has 0 saturated carbocycles. The molecule has 0 aliphatic carbocycles. The molecule has 1 aliphatic rings. The van der Waals surface area contributed by atoms with Gasteiger partial charge in [0.1, 0.15) is 11.9 Å². The van der Waals surface area contributed by atoms with Crippen LogP contribution in [0.15, 0.2) is 53.4 Å². The first-order valence-corrected chi connectivity index (χ1v) is 10.8. The largest absolute Gasteiger partial charge is 0.456 e. The number of rotatable bonds is 7. The lowest BCUT2D eigenvalue weighted by molar-refractivity contribution is -0.146. The van der Waals surface area contributed by atoms with E-state index in [9.17, 15) is 22.4 Å². The molecule has 0 spiro atoms. The Labute approximate surface area is 169 Å². The Hall–Kier alpha value is -2.58. The molecule has 6 nitrogen and oxygen atoms in total. The van der Waals surface area contributed by atoms with Crippen molar-refractivity contribution < 1.29 is 27.1 Å². The third-order valence-electron chi connectivity index (χ3n) is 4.93. The zero-order chi connectivity index (χ0) is 21.0. The quantitative estimate of drug-likeness (QED) is 0.509. The van der Waals surface area contributed by atoms with Crippen LogP contribution < -0.4 is 0 Å². The van der Waals surface area contributed by atoms with Crippen LogP contribution in [0.2, 0.25) is 0 Å².